The van der Waals surface area contributed by atoms with Crippen molar-refractivity contribution in [2.75, 3.05) is 0 Å². The number of rotatable bonds is 3. The predicted molar refractivity (Wildman–Crippen MR) is 239 cm³/mol. The van der Waals surface area contributed by atoms with Gasteiger partial charge in [-0.1, -0.05) is 182 Å². The molecule has 2 heterocycles. The highest BCUT2D eigenvalue weighted by atomic mass is 15.1. The molecule has 0 bridgehead atoms. The zero-order valence-electron chi connectivity index (χ0n) is 31.4. The molecule has 11 aromatic rings. The zero-order valence-corrected chi connectivity index (χ0v) is 31.4. The molecule has 2 aliphatic rings. The molecule has 0 radical (unpaired) electrons. The van der Waals surface area contributed by atoms with Gasteiger partial charge in [-0.15, -0.1) is 0 Å². The second-order valence-electron chi connectivity index (χ2n) is 15.6. The quantitative estimate of drug-likeness (QED) is 0.181. The number of hydrogen-bond donors (Lipinski definition) is 0. The van der Waals surface area contributed by atoms with Gasteiger partial charge in [0.05, 0.1) is 22.0 Å². The van der Waals surface area contributed by atoms with E-state index in [2.05, 4.69) is 205 Å². The summed E-state index contributed by atoms with van der Waals surface area (Å²) in [5.74, 6) is 1.58. The first-order chi connectivity index (χ1) is 28.8. The Hall–Kier alpha value is -7.62. The molecule has 3 nitrogen and oxygen atoms in total. The van der Waals surface area contributed by atoms with Gasteiger partial charge >= 0.3 is 0 Å². The van der Waals surface area contributed by atoms with Crippen LogP contribution < -0.4 is 0 Å². The molecule has 1 spiro atoms. The van der Waals surface area contributed by atoms with Crippen molar-refractivity contribution >= 4 is 43.5 Å². The molecular formula is C55H33N3. The lowest BCUT2D eigenvalue weighted by Gasteiger charge is -2.31. The number of para-hydroxylation sites is 2. The highest BCUT2D eigenvalue weighted by molar-refractivity contribution is 6.28. The third kappa shape index (κ3) is 4.02. The van der Waals surface area contributed by atoms with Crippen LogP contribution in [0.1, 0.15) is 22.3 Å². The van der Waals surface area contributed by atoms with E-state index in [9.17, 15) is 0 Å². The predicted octanol–water partition coefficient (Wildman–Crippen LogP) is 13.6. The number of fused-ring (bicyclic) bond motifs is 18. The number of benzene rings is 9. The Morgan fingerprint density at radius 3 is 1.62 bits per heavy atom. The molecule has 0 N–H and O–H groups in total. The summed E-state index contributed by atoms with van der Waals surface area (Å²) in [5, 5.41) is 5.97. The van der Waals surface area contributed by atoms with Crippen molar-refractivity contribution in [1.82, 2.24) is 14.5 Å². The van der Waals surface area contributed by atoms with Gasteiger partial charge in [0.2, 0.25) is 0 Å². The van der Waals surface area contributed by atoms with Crippen molar-refractivity contribution in [3.05, 3.63) is 222 Å². The lowest BCUT2D eigenvalue weighted by molar-refractivity contribution is 0.797. The lowest BCUT2D eigenvalue weighted by Crippen LogP contribution is -2.26. The van der Waals surface area contributed by atoms with E-state index < -0.39 is 5.41 Å². The molecule has 13 rings (SSSR count). The highest BCUT2D eigenvalue weighted by Gasteiger charge is 2.53. The molecule has 0 saturated carbocycles. The summed E-state index contributed by atoms with van der Waals surface area (Å²) in [7, 11) is 0. The van der Waals surface area contributed by atoms with Gasteiger partial charge in [-0.05, 0) is 79.0 Å². The van der Waals surface area contributed by atoms with Crippen LogP contribution in [0.4, 0.5) is 0 Å². The normalized spacial score (nSPS) is 13.3. The fourth-order valence-electron chi connectivity index (χ4n) is 10.5. The van der Waals surface area contributed by atoms with E-state index in [0.717, 1.165) is 33.4 Å². The van der Waals surface area contributed by atoms with Crippen molar-refractivity contribution in [2.24, 2.45) is 0 Å². The summed E-state index contributed by atoms with van der Waals surface area (Å²) < 4.78 is 2.49. The van der Waals surface area contributed by atoms with Gasteiger partial charge in [0.25, 0.3) is 0 Å². The van der Waals surface area contributed by atoms with E-state index in [-0.39, 0.29) is 0 Å². The Bertz CT molecular complexity index is 3460. The van der Waals surface area contributed by atoms with Crippen molar-refractivity contribution in [2.45, 2.75) is 5.41 Å². The molecule has 268 valence electrons. The zero-order chi connectivity index (χ0) is 38.0. The first-order valence-electron chi connectivity index (χ1n) is 20.0. The molecule has 0 aliphatic heterocycles. The van der Waals surface area contributed by atoms with Crippen molar-refractivity contribution in [1.29, 1.82) is 0 Å². The van der Waals surface area contributed by atoms with E-state index in [1.807, 2.05) is 0 Å². The molecule has 0 atom stereocenters. The van der Waals surface area contributed by atoms with Crippen LogP contribution in [-0.4, -0.2) is 14.5 Å². The minimum absolute atomic E-state index is 0.563. The Labute approximate surface area is 335 Å². The number of nitrogens with zero attached hydrogens (tertiary/aromatic N) is 3. The van der Waals surface area contributed by atoms with Crippen LogP contribution in [0.5, 0.6) is 0 Å². The summed E-state index contributed by atoms with van der Waals surface area (Å²) in [6, 6.07) is 72.9. The van der Waals surface area contributed by atoms with Crippen molar-refractivity contribution in [3.63, 3.8) is 0 Å². The molecule has 3 heteroatoms. The second-order valence-corrected chi connectivity index (χ2v) is 15.6. The Kier molecular flexibility index (Phi) is 6.37. The summed E-state index contributed by atoms with van der Waals surface area (Å²) in [6.07, 6.45) is 0. The summed E-state index contributed by atoms with van der Waals surface area (Å²) >= 11 is 0. The van der Waals surface area contributed by atoms with E-state index in [1.54, 1.807) is 0 Å². The lowest BCUT2D eigenvalue weighted by atomic mass is 9.70. The average Bonchev–Trinajstić information content (AvgIpc) is 3.91. The van der Waals surface area contributed by atoms with Crippen LogP contribution >= 0.6 is 0 Å². The molecule has 2 aromatic heterocycles. The Balaban J connectivity index is 1.22. The topological polar surface area (TPSA) is 30.7 Å². The first-order valence-corrected chi connectivity index (χ1v) is 20.0. The van der Waals surface area contributed by atoms with Crippen LogP contribution in [0, 0.1) is 0 Å². The van der Waals surface area contributed by atoms with Crippen molar-refractivity contribution < 1.29 is 0 Å². The Morgan fingerprint density at radius 1 is 0.379 bits per heavy atom. The van der Waals surface area contributed by atoms with Gasteiger partial charge in [-0.25, -0.2) is 9.97 Å². The van der Waals surface area contributed by atoms with E-state index in [1.165, 1.54) is 77.1 Å². The van der Waals surface area contributed by atoms with Gasteiger partial charge in [-0.2, -0.15) is 0 Å². The molecule has 2 aliphatic carbocycles. The van der Waals surface area contributed by atoms with Crippen LogP contribution in [0.3, 0.4) is 0 Å². The average molecular weight is 736 g/mol. The van der Waals surface area contributed by atoms with Gasteiger partial charge in [-0.3, -0.25) is 4.57 Å². The molecule has 9 aromatic carbocycles. The Morgan fingerprint density at radius 2 is 0.897 bits per heavy atom. The third-order valence-corrected chi connectivity index (χ3v) is 12.8. The molecule has 0 fully saturated rings. The van der Waals surface area contributed by atoms with Crippen LogP contribution in [-0.2, 0) is 5.41 Å². The monoisotopic (exact) mass is 735 g/mol. The van der Waals surface area contributed by atoms with Gasteiger partial charge in [0.1, 0.15) is 5.82 Å². The fraction of sp³-hybridized carbons (Fsp3) is 0.0182. The minimum atomic E-state index is -0.563. The van der Waals surface area contributed by atoms with Crippen LogP contribution in [0.25, 0.3) is 94.1 Å². The van der Waals surface area contributed by atoms with Gasteiger partial charge < -0.3 is 0 Å². The molecule has 0 saturated heterocycles. The molecular weight excluding hydrogens is 703 g/mol. The first kappa shape index (κ1) is 31.6. The second kappa shape index (κ2) is 11.7. The number of hydrogen-bond acceptors (Lipinski definition) is 2. The maximum atomic E-state index is 5.63. The highest BCUT2D eigenvalue weighted by Crippen LogP contribution is 2.66. The van der Waals surface area contributed by atoms with Gasteiger partial charge in [0.15, 0.2) is 5.82 Å². The van der Waals surface area contributed by atoms with Crippen LogP contribution in [0.15, 0.2) is 200 Å². The third-order valence-electron chi connectivity index (χ3n) is 12.8. The SMILES string of the molecule is c1ccc(-c2ccc(-c3nc(-n4c5ccccc5c5c6ccccc6c6c(c54)C4(c5ccccc5-c5ccccc54)c4ccccc4-6)c4ccccc4n3)cc2)cc1. The standard InChI is InChI=1S/C55H33N3/c1-2-16-34(17-3-1)35-30-32-36(33-31-35)53-56-47-28-14-9-23-42(47)54(57-53)58-48-29-15-10-24-43(48)50-40-21-5-4-20-39(40)49-41-22-8-13-27-46(41)55(51(49)52(50)58)44-25-11-6-18-37(44)38-19-7-12-26-45(38)55/h1-33H. The molecule has 0 unspecified atom stereocenters. The van der Waals surface area contributed by atoms with E-state index in [0.29, 0.717) is 5.82 Å². The van der Waals surface area contributed by atoms with Crippen LogP contribution in [0.2, 0.25) is 0 Å². The fourth-order valence-corrected chi connectivity index (χ4v) is 10.5. The summed E-state index contributed by atoms with van der Waals surface area (Å²) in [5.41, 5.74) is 16.4. The summed E-state index contributed by atoms with van der Waals surface area (Å²) in [6.45, 7) is 0. The number of aromatic nitrogens is 3. The minimum Gasteiger partial charge on any atom is -0.293 e. The maximum absolute atomic E-state index is 5.63. The molecule has 0 amide bonds. The summed E-state index contributed by atoms with van der Waals surface area (Å²) in [4.78, 5) is 10.9. The van der Waals surface area contributed by atoms with Gasteiger partial charge in [0, 0.05) is 27.3 Å². The largest absolute Gasteiger partial charge is 0.293 e. The molecule has 58 heavy (non-hydrogen) atoms. The maximum Gasteiger partial charge on any atom is 0.162 e. The van der Waals surface area contributed by atoms with E-state index >= 15 is 0 Å². The smallest absolute Gasteiger partial charge is 0.162 e. The van der Waals surface area contributed by atoms with E-state index in [4.69, 9.17) is 9.97 Å². The van der Waals surface area contributed by atoms with Crippen molar-refractivity contribution in [3.8, 4) is 50.6 Å².